The highest BCUT2D eigenvalue weighted by Gasteiger charge is 2.21. The predicted octanol–water partition coefficient (Wildman–Crippen LogP) is 1.95. The van der Waals surface area contributed by atoms with Crippen molar-refractivity contribution in [2.45, 2.75) is 37.8 Å². The minimum absolute atomic E-state index is 0.191. The number of aliphatic hydroxyl groups excluding tert-OH is 1. The van der Waals surface area contributed by atoms with Gasteiger partial charge in [-0.1, -0.05) is 0 Å². The second-order valence-electron chi connectivity index (χ2n) is 6.32. The van der Waals surface area contributed by atoms with E-state index in [9.17, 15) is 0 Å². The van der Waals surface area contributed by atoms with Gasteiger partial charge in [0.15, 0.2) is 11.5 Å². The normalized spacial score (nSPS) is 20.4. The highest BCUT2D eigenvalue weighted by atomic mass is 16.5. The zero-order valence-electron chi connectivity index (χ0n) is 14.8. The van der Waals surface area contributed by atoms with Crippen molar-refractivity contribution in [3.63, 3.8) is 0 Å². The number of anilines is 1. The zero-order valence-corrected chi connectivity index (χ0v) is 14.8. The zero-order chi connectivity index (χ0) is 17.6. The highest BCUT2D eigenvalue weighted by Crippen LogP contribution is 2.34. The predicted molar refractivity (Wildman–Crippen MR) is 97.4 cm³/mol. The molecule has 0 unspecified atom stereocenters. The van der Waals surface area contributed by atoms with Gasteiger partial charge in [-0.05, 0) is 31.7 Å². The highest BCUT2D eigenvalue weighted by molar-refractivity contribution is 5.91. The van der Waals surface area contributed by atoms with Gasteiger partial charge in [0.1, 0.15) is 12.1 Å². The fourth-order valence-electron chi connectivity index (χ4n) is 3.40. The number of benzene rings is 1. The summed E-state index contributed by atoms with van der Waals surface area (Å²) >= 11 is 0. The molecule has 1 aromatic carbocycles. The van der Waals surface area contributed by atoms with E-state index in [2.05, 4.69) is 20.6 Å². The van der Waals surface area contributed by atoms with E-state index in [1.165, 1.54) is 0 Å². The third-order valence-corrected chi connectivity index (χ3v) is 4.75. The van der Waals surface area contributed by atoms with Gasteiger partial charge in [0.05, 0.1) is 26.3 Å². The molecule has 0 saturated heterocycles. The van der Waals surface area contributed by atoms with Gasteiger partial charge >= 0.3 is 0 Å². The quantitative estimate of drug-likeness (QED) is 0.706. The van der Waals surface area contributed by atoms with Crippen molar-refractivity contribution in [2.24, 2.45) is 0 Å². The fourth-order valence-corrected chi connectivity index (χ4v) is 3.40. The van der Waals surface area contributed by atoms with Crippen LogP contribution in [0.25, 0.3) is 10.9 Å². The van der Waals surface area contributed by atoms with Crippen LogP contribution in [-0.4, -0.2) is 54.5 Å². The molecule has 0 aliphatic heterocycles. The van der Waals surface area contributed by atoms with Crippen LogP contribution in [0.2, 0.25) is 0 Å². The van der Waals surface area contributed by atoms with E-state index in [1.807, 2.05) is 12.1 Å². The van der Waals surface area contributed by atoms with Crippen LogP contribution in [-0.2, 0) is 0 Å². The Morgan fingerprint density at radius 2 is 1.72 bits per heavy atom. The summed E-state index contributed by atoms with van der Waals surface area (Å²) in [6.07, 6.45) is 5.91. The second kappa shape index (κ2) is 8.31. The van der Waals surface area contributed by atoms with Crippen molar-refractivity contribution in [3.8, 4) is 11.5 Å². The summed E-state index contributed by atoms with van der Waals surface area (Å²) in [6.45, 7) is 0.858. The molecule has 0 spiro atoms. The number of methoxy groups -OCH3 is 2. The van der Waals surface area contributed by atoms with E-state index in [4.69, 9.17) is 14.6 Å². The second-order valence-corrected chi connectivity index (χ2v) is 6.32. The topological polar surface area (TPSA) is 88.5 Å². The van der Waals surface area contributed by atoms with E-state index in [-0.39, 0.29) is 6.61 Å². The third-order valence-electron chi connectivity index (χ3n) is 4.75. The Morgan fingerprint density at radius 1 is 1.04 bits per heavy atom. The summed E-state index contributed by atoms with van der Waals surface area (Å²) in [6, 6.07) is 4.68. The van der Waals surface area contributed by atoms with Crippen LogP contribution in [0.4, 0.5) is 5.82 Å². The number of aromatic nitrogens is 2. The van der Waals surface area contributed by atoms with E-state index in [0.717, 1.165) is 42.4 Å². The van der Waals surface area contributed by atoms with E-state index in [0.29, 0.717) is 30.1 Å². The Labute approximate surface area is 147 Å². The molecule has 25 heavy (non-hydrogen) atoms. The van der Waals surface area contributed by atoms with Crippen LogP contribution in [0.3, 0.4) is 0 Å². The first-order valence-corrected chi connectivity index (χ1v) is 8.72. The van der Waals surface area contributed by atoms with Crippen molar-refractivity contribution < 1.29 is 14.6 Å². The van der Waals surface area contributed by atoms with Crippen molar-refractivity contribution in [1.29, 1.82) is 0 Å². The van der Waals surface area contributed by atoms with Gasteiger partial charge in [0, 0.05) is 30.1 Å². The summed E-state index contributed by atoms with van der Waals surface area (Å²) in [7, 11) is 3.24. The maximum absolute atomic E-state index is 8.92. The van der Waals surface area contributed by atoms with Crippen LogP contribution in [0.5, 0.6) is 11.5 Å². The molecular formula is C18H26N4O3. The molecule has 1 fully saturated rings. The van der Waals surface area contributed by atoms with Gasteiger partial charge in [0.2, 0.25) is 0 Å². The molecule has 1 heterocycles. The molecule has 0 radical (unpaired) electrons. The third kappa shape index (κ3) is 4.11. The number of rotatable bonds is 7. The molecule has 136 valence electrons. The number of ether oxygens (including phenoxy) is 2. The number of nitrogens with one attached hydrogen (secondary N) is 2. The first-order chi connectivity index (χ1) is 12.2. The summed E-state index contributed by atoms with van der Waals surface area (Å²) in [5.41, 5.74) is 0.827. The van der Waals surface area contributed by atoms with Crippen molar-refractivity contribution >= 4 is 16.7 Å². The van der Waals surface area contributed by atoms with E-state index >= 15 is 0 Å². The van der Waals surface area contributed by atoms with Crippen molar-refractivity contribution in [1.82, 2.24) is 15.3 Å². The lowest BCUT2D eigenvalue weighted by atomic mass is 9.91. The van der Waals surface area contributed by atoms with Gasteiger partial charge in [0.25, 0.3) is 0 Å². The number of fused-ring (bicyclic) bond motifs is 1. The smallest absolute Gasteiger partial charge is 0.162 e. The van der Waals surface area contributed by atoms with Gasteiger partial charge in [-0.25, -0.2) is 9.97 Å². The molecule has 2 aromatic rings. The molecule has 1 aliphatic rings. The van der Waals surface area contributed by atoms with Crippen LogP contribution in [0, 0.1) is 0 Å². The molecule has 1 aliphatic carbocycles. The maximum Gasteiger partial charge on any atom is 0.162 e. The molecule has 0 amide bonds. The van der Waals surface area contributed by atoms with E-state index in [1.54, 1.807) is 20.5 Å². The molecule has 7 heteroatoms. The number of hydrogen-bond acceptors (Lipinski definition) is 7. The van der Waals surface area contributed by atoms with E-state index < -0.39 is 0 Å². The van der Waals surface area contributed by atoms with Crippen molar-refractivity contribution in [2.75, 3.05) is 32.7 Å². The Hall–Kier alpha value is -2.12. The lowest BCUT2D eigenvalue weighted by molar-refractivity contribution is 0.269. The lowest BCUT2D eigenvalue weighted by Gasteiger charge is -2.30. The van der Waals surface area contributed by atoms with Gasteiger partial charge in [-0.3, -0.25) is 0 Å². The van der Waals surface area contributed by atoms with Gasteiger partial charge in [-0.2, -0.15) is 0 Å². The van der Waals surface area contributed by atoms with Gasteiger partial charge < -0.3 is 25.2 Å². The minimum atomic E-state index is 0.191. The maximum atomic E-state index is 8.92. The SMILES string of the molecule is COc1cc2ncnc(NC3CCC(NCCO)CC3)c2cc1OC. The molecule has 0 bridgehead atoms. The number of hydrogen-bond donors (Lipinski definition) is 3. The summed E-state index contributed by atoms with van der Waals surface area (Å²) in [5, 5.41) is 16.8. The summed E-state index contributed by atoms with van der Waals surface area (Å²) < 4.78 is 10.8. The Morgan fingerprint density at radius 3 is 2.40 bits per heavy atom. The molecule has 3 N–H and O–H groups in total. The molecule has 7 nitrogen and oxygen atoms in total. The minimum Gasteiger partial charge on any atom is -0.493 e. The summed E-state index contributed by atoms with van der Waals surface area (Å²) in [5.74, 6) is 2.16. The Balaban J connectivity index is 1.74. The Kier molecular flexibility index (Phi) is 5.88. The fraction of sp³-hybridized carbons (Fsp3) is 0.556. The molecule has 1 aromatic heterocycles. The van der Waals surface area contributed by atoms with Crippen LogP contribution in [0.15, 0.2) is 18.5 Å². The van der Waals surface area contributed by atoms with Crippen molar-refractivity contribution in [3.05, 3.63) is 18.5 Å². The lowest BCUT2D eigenvalue weighted by Crippen LogP contribution is -2.38. The molecule has 0 atom stereocenters. The first-order valence-electron chi connectivity index (χ1n) is 8.72. The largest absolute Gasteiger partial charge is 0.493 e. The number of aliphatic hydroxyl groups is 1. The Bertz CT molecular complexity index is 702. The average Bonchev–Trinajstić information content (AvgIpc) is 2.66. The molecule has 1 saturated carbocycles. The van der Waals surface area contributed by atoms with Crippen LogP contribution >= 0.6 is 0 Å². The van der Waals surface area contributed by atoms with Crippen LogP contribution in [0.1, 0.15) is 25.7 Å². The standard InChI is InChI=1S/C18H26N4O3/c1-24-16-9-14-15(10-17(16)25-2)20-11-21-18(14)22-13-5-3-12(4-6-13)19-7-8-23/h9-13,19,23H,3-8H2,1-2H3,(H,20,21,22). The summed E-state index contributed by atoms with van der Waals surface area (Å²) in [4.78, 5) is 8.78. The number of nitrogens with zero attached hydrogens (tertiary/aromatic N) is 2. The van der Waals surface area contributed by atoms with Crippen LogP contribution < -0.4 is 20.1 Å². The van der Waals surface area contributed by atoms with Gasteiger partial charge in [-0.15, -0.1) is 0 Å². The first kappa shape index (κ1) is 17.7. The molecule has 3 rings (SSSR count). The monoisotopic (exact) mass is 346 g/mol. The molecular weight excluding hydrogens is 320 g/mol. The average molecular weight is 346 g/mol.